The van der Waals surface area contributed by atoms with E-state index in [1.165, 1.54) is 4.90 Å². The molecule has 0 spiro atoms. The SMILES string of the molecule is CCCNC(=O)CN(C)C(=O)C(C)(C)CCl. The molecule has 0 fully saturated rings. The molecule has 0 radical (unpaired) electrons. The summed E-state index contributed by atoms with van der Waals surface area (Å²) in [6.45, 7) is 6.23. The van der Waals surface area contributed by atoms with E-state index in [2.05, 4.69) is 5.32 Å². The van der Waals surface area contributed by atoms with E-state index in [0.29, 0.717) is 6.54 Å². The Morgan fingerprint density at radius 2 is 1.94 bits per heavy atom. The van der Waals surface area contributed by atoms with Crippen LogP contribution in [0.15, 0.2) is 0 Å². The molecule has 0 unspecified atom stereocenters. The smallest absolute Gasteiger partial charge is 0.239 e. The fraction of sp³-hybridized carbons (Fsp3) is 0.818. The van der Waals surface area contributed by atoms with Crippen LogP contribution in [0.25, 0.3) is 0 Å². The molecule has 0 aromatic heterocycles. The first-order valence-corrected chi connectivity index (χ1v) is 5.96. The summed E-state index contributed by atoms with van der Waals surface area (Å²) in [6, 6.07) is 0. The van der Waals surface area contributed by atoms with Gasteiger partial charge in [-0.25, -0.2) is 0 Å². The minimum Gasteiger partial charge on any atom is -0.355 e. The largest absolute Gasteiger partial charge is 0.355 e. The van der Waals surface area contributed by atoms with E-state index in [1.54, 1.807) is 20.9 Å². The molecule has 94 valence electrons. The molecule has 0 aliphatic rings. The Morgan fingerprint density at radius 3 is 2.38 bits per heavy atom. The molecule has 0 saturated heterocycles. The van der Waals surface area contributed by atoms with Gasteiger partial charge in [0.15, 0.2) is 0 Å². The van der Waals surface area contributed by atoms with Gasteiger partial charge in [-0.3, -0.25) is 9.59 Å². The standard InChI is InChI=1S/C11H21ClN2O2/c1-5-6-13-9(15)7-14(4)10(16)11(2,3)8-12/h5-8H2,1-4H3,(H,13,15). The molecule has 0 aromatic rings. The molecule has 0 rings (SSSR count). The van der Waals surface area contributed by atoms with Crippen LogP contribution in [0.1, 0.15) is 27.2 Å². The Bertz CT molecular complexity index is 254. The third kappa shape index (κ3) is 4.84. The van der Waals surface area contributed by atoms with Gasteiger partial charge in [0, 0.05) is 19.5 Å². The Hall–Kier alpha value is -0.770. The zero-order chi connectivity index (χ0) is 12.8. The number of nitrogens with one attached hydrogen (secondary N) is 1. The number of halogens is 1. The zero-order valence-corrected chi connectivity index (χ0v) is 11.2. The van der Waals surface area contributed by atoms with Crippen LogP contribution >= 0.6 is 11.6 Å². The summed E-state index contributed by atoms with van der Waals surface area (Å²) >= 11 is 5.70. The zero-order valence-electron chi connectivity index (χ0n) is 10.5. The average Bonchev–Trinajstić information content (AvgIpc) is 2.25. The van der Waals surface area contributed by atoms with Crippen molar-refractivity contribution in [1.82, 2.24) is 10.2 Å². The number of likely N-dealkylation sites (N-methyl/N-ethyl adjacent to an activating group) is 1. The second-order valence-electron chi connectivity index (χ2n) is 4.53. The number of amides is 2. The van der Waals surface area contributed by atoms with Crippen LogP contribution in [0.3, 0.4) is 0 Å². The molecule has 16 heavy (non-hydrogen) atoms. The highest BCUT2D eigenvalue weighted by atomic mass is 35.5. The first-order valence-electron chi connectivity index (χ1n) is 5.43. The fourth-order valence-corrected chi connectivity index (χ4v) is 1.30. The van der Waals surface area contributed by atoms with E-state index < -0.39 is 5.41 Å². The van der Waals surface area contributed by atoms with Crippen LogP contribution in [-0.2, 0) is 9.59 Å². The minimum atomic E-state index is -0.624. The fourth-order valence-electron chi connectivity index (χ4n) is 1.18. The minimum absolute atomic E-state index is 0.0825. The Morgan fingerprint density at radius 1 is 1.38 bits per heavy atom. The van der Waals surface area contributed by atoms with E-state index in [9.17, 15) is 9.59 Å². The summed E-state index contributed by atoms with van der Waals surface area (Å²) in [7, 11) is 1.61. The number of carbonyl (C=O) groups excluding carboxylic acids is 2. The molecule has 0 saturated carbocycles. The van der Waals surface area contributed by atoms with Gasteiger partial charge < -0.3 is 10.2 Å². The highest BCUT2D eigenvalue weighted by Gasteiger charge is 2.30. The van der Waals surface area contributed by atoms with Gasteiger partial charge in [-0.1, -0.05) is 6.92 Å². The number of hydrogen-bond acceptors (Lipinski definition) is 2. The van der Waals surface area contributed by atoms with E-state index in [-0.39, 0.29) is 24.2 Å². The van der Waals surface area contributed by atoms with Crippen LogP contribution in [0.5, 0.6) is 0 Å². The summed E-state index contributed by atoms with van der Waals surface area (Å²) in [5, 5.41) is 2.72. The van der Waals surface area contributed by atoms with E-state index in [0.717, 1.165) is 6.42 Å². The van der Waals surface area contributed by atoms with Crippen molar-refractivity contribution in [3.05, 3.63) is 0 Å². The van der Waals surface area contributed by atoms with Crippen LogP contribution < -0.4 is 5.32 Å². The maximum Gasteiger partial charge on any atom is 0.239 e. The molecular weight excluding hydrogens is 228 g/mol. The first kappa shape index (κ1) is 15.2. The molecular formula is C11H21ClN2O2. The quantitative estimate of drug-likeness (QED) is 0.719. The monoisotopic (exact) mass is 248 g/mol. The molecule has 4 nitrogen and oxygen atoms in total. The Kier molecular flexibility index (Phi) is 6.41. The van der Waals surface area contributed by atoms with Crippen molar-refractivity contribution >= 4 is 23.4 Å². The second kappa shape index (κ2) is 6.74. The maximum atomic E-state index is 11.9. The lowest BCUT2D eigenvalue weighted by atomic mass is 9.94. The van der Waals surface area contributed by atoms with E-state index >= 15 is 0 Å². The highest BCUT2D eigenvalue weighted by Crippen LogP contribution is 2.19. The molecule has 0 atom stereocenters. The lowest BCUT2D eigenvalue weighted by Crippen LogP contribution is -2.44. The number of nitrogens with zero attached hydrogens (tertiary/aromatic N) is 1. The lowest BCUT2D eigenvalue weighted by Gasteiger charge is -2.27. The van der Waals surface area contributed by atoms with Crippen molar-refractivity contribution in [2.24, 2.45) is 5.41 Å². The summed E-state index contributed by atoms with van der Waals surface area (Å²) in [6.07, 6.45) is 0.885. The van der Waals surface area contributed by atoms with Gasteiger partial charge in [0.2, 0.25) is 11.8 Å². The van der Waals surface area contributed by atoms with Gasteiger partial charge in [0.1, 0.15) is 0 Å². The molecule has 0 heterocycles. The number of alkyl halides is 1. The van der Waals surface area contributed by atoms with Gasteiger partial charge >= 0.3 is 0 Å². The predicted molar refractivity (Wildman–Crippen MR) is 65.4 cm³/mol. The van der Waals surface area contributed by atoms with Gasteiger partial charge in [-0.05, 0) is 20.3 Å². The maximum absolute atomic E-state index is 11.9. The second-order valence-corrected chi connectivity index (χ2v) is 4.80. The van der Waals surface area contributed by atoms with Crippen molar-refractivity contribution in [1.29, 1.82) is 0 Å². The molecule has 1 N–H and O–H groups in total. The van der Waals surface area contributed by atoms with Crippen LogP contribution in [0, 0.1) is 5.41 Å². The van der Waals surface area contributed by atoms with Gasteiger partial charge in [-0.2, -0.15) is 0 Å². The van der Waals surface area contributed by atoms with Crippen LogP contribution in [-0.4, -0.2) is 42.7 Å². The van der Waals surface area contributed by atoms with Crippen LogP contribution in [0.2, 0.25) is 0 Å². The highest BCUT2D eigenvalue weighted by molar-refractivity contribution is 6.19. The van der Waals surface area contributed by atoms with Crippen molar-refractivity contribution < 1.29 is 9.59 Å². The molecule has 5 heteroatoms. The first-order chi connectivity index (χ1) is 7.35. The third-order valence-electron chi connectivity index (χ3n) is 2.21. The summed E-state index contributed by atoms with van der Waals surface area (Å²) in [5.41, 5.74) is -0.624. The van der Waals surface area contributed by atoms with Crippen LogP contribution in [0.4, 0.5) is 0 Å². The average molecular weight is 249 g/mol. The number of carbonyl (C=O) groups is 2. The molecule has 0 aliphatic heterocycles. The molecule has 0 bridgehead atoms. The van der Waals surface area contributed by atoms with Crippen molar-refractivity contribution in [3.8, 4) is 0 Å². The normalized spacial score (nSPS) is 11.1. The predicted octanol–water partition coefficient (Wildman–Crippen LogP) is 1.24. The van der Waals surface area contributed by atoms with E-state index in [4.69, 9.17) is 11.6 Å². The van der Waals surface area contributed by atoms with Crippen molar-refractivity contribution in [2.45, 2.75) is 27.2 Å². The van der Waals surface area contributed by atoms with Gasteiger partial charge in [0.05, 0.1) is 12.0 Å². The third-order valence-corrected chi connectivity index (χ3v) is 2.88. The molecule has 2 amide bonds. The Balaban J connectivity index is 4.20. The summed E-state index contributed by atoms with van der Waals surface area (Å²) in [5.74, 6) is -0.00976. The van der Waals surface area contributed by atoms with E-state index in [1.807, 2.05) is 6.92 Å². The summed E-state index contributed by atoms with van der Waals surface area (Å²) in [4.78, 5) is 24.7. The van der Waals surface area contributed by atoms with Crippen molar-refractivity contribution in [2.75, 3.05) is 26.0 Å². The molecule has 0 aliphatic carbocycles. The number of rotatable bonds is 6. The Labute approximate surface area is 102 Å². The lowest BCUT2D eigenvalue weighted by molar-refractivity contribution is -0.141. The van der Waals surface area contributed by atoms with Gasteiger partial charge in [-0.15, -0.1) is 11.6 Å². The van der Waals surface area contributed by atoms with Gasteiger partial charge in [0.25, 0.3) is 0 Å². The number of hydrogen-bond donors (Lipinski definition) is 1. The topological polar surface area (TPSA) is 49.4 Å². The summed E-state index contributed by atoms with van der Waals surface area (Å²) < 4.78 is 0. The van der Waals surface area contributed by atoms with Crippen molar-refractivity contribution in [3.63, 3.8) is 0 Å². The molecule has 0 aromatic carbocycles.